The highest BCUT2D eigenvalue weighted by Crippen LogP contribution is 2.22. The van der Waals surface area contributed by atoms with E-state index in [0.29, 0.717) is 0 Å². The third-order valence-electron chi connectivity index (χ3n) is 3.07. The smallest absolute Gasteiger partial charge is 0.131 e. The summed E-state index contributed by atoms with van der Waals surface area (Å²) in [5.41, 5.74) is 2.39. The predicted molar refractivity (Wildman–Crippen MR) is 87.8 cm³/mol. The Kier molecular flexibility index (Phi) is 6.01. The first kappa shape index (κ1) is 15.0. The van der Waals surface area contributed by atoms with E-state index < -0.39 is 0 Å². The van der Waals surface area contributed by atoms with Gasteiger partial charge in [0.05, 0.1) is 5.44 Å². The number of aromatic nitrogens is 1. The number of aryl methyl sites for hydroxylation is 1. The molecule has 0 spiro atoms. The standard InChI is InChI=1S/C17H22NOP/c1-3-4-5-12-20-17-13-16(10-11-18-17)19-15-8-6-14(2)7-9-15/h6-11,13,20H,3-5,12H2,1-2H3. The summed E-state index contributed by atoms with van der Waals surface area (Å²) in [6.45, 7) is 4.31. The lowest BCUT2D eigenvalue weighted by molar-refractivity contribution is 0.482. The molecule has 0 aliphatic heterocycles. The van der Waals surface area contributed by atoms with Crippen LogP contribution in [0.4, 0.5) is 0 Å². The summed E-state index contributed by atoms with van der Waals surface area (Å²) in [7, 11) is 0.778. The lowest BCUT2D eigenvalue weighted by atomic mass is 10.2. The Balaban J connectivity index is 1.93. The van der Waals surface area contributed by atoms with Crippen molar-refractivity contribution in [3.63, 3.8) is 0 Å². The van der Waals surface area contributed by atoms with Gasteiger partial charge < -0.3 is 4.74 Å². The van der Waals surface area contributed by atoms with Gasteiger partial charge in [0, 0.05) is 12.3 Å². The Hall–Kier alpha value is -1.40. The van der Waals surface area contributed by atoms with Crippen molar-refractivity contribution in [2.45, 2.75) is 33.1 Å². The number of hydrogen-bond acceptors (Lipinski definition) is 2. The first-order chi connectivity index (χ1) is 9.78. The van der Waals surface area contributed by atoms with Gasteiger partial charge in [0.2, 0.25) is 0 Å². The normalized spacial score (nSPS) is 11.1. The van der Waals surface area contributed by atoms with E-state index in [1.54, 1.807) is 0 Å². The van der Waals surface area contributed by atoms with Gasteiger partial charge in [-0.1, -0.05) is 46.0 Å². The van der Waals surface area contributed by atoms with Gasteiger partial charge in [0.15, 0.2) is 0 Å². The second-order valence-electron chi connectivity index (χ2n) is 4.93. The Morgan fingerprint density at radius 1 is 1.05 bits per heavy atom. The summed E-state index contributed by atoms with van der Waals surface area (Å²) in [6.07, 6.45) is 6.95. The van der Waals surface area contributed by atoms with Gasteiger partial charge in [-0.15, -0.1) is 0 Å². The van der Waals surface area contributed by atoms with Crippen LogP contribution in [-0.4, -0.2) is 11.1 Å². The van der Waals surface area contributed by atoms with Crippen molar-refractivity contribution in [2.24, 2.45) is 0 Å². The summed E-state index contributed by atoms with van der Waals surface area (Å²) in [5.74, 6) is 1.75. The monoisotopic (exact) mass is 287 g/mol. The predicted octanol–water partition coefficient (Wildman–Crippen LogP) is 4.68. The van der Waals surface area contributed by atoms with E-state index in [-0.39, 0.29) is 0 Å². The molecule has 0 aliphatic carbocycles. The van der Waals surface area contributed by atoms with Crippen LogP contribution in [0.5, 0.6) is 11.5 Å². The maximum Gasteiger partial charge on any atom is 0.131 e. The van der Waals surface area contributed by atoms with E-state index in [2.05, 4.69) is 37.0 Å². The molecule has 2 aromatic rings. The molecule has 0 radical (unpaired) electrons. The third kappa shape index (κ3) is 4.94. The molecule has 1 heterocycles. The number of pyridine rings is 1. The third-order valence-corrected chi connectivity index (χ3v) is 4.31. The van der Waals surface area contributed by atoms with Gasteiger partial charge >= 0.3 is 0 Å². The highest BCUT2D eigenvalue weighted by Gasteiger charge is 2.00. The van der Waals surface area contributed by atoms with Crippen LogP contribution in [0.25, 0.3) is 0 Å². The van der Waals surface area contributed by atoms with Crippen LogP contribution in [0.2, 0.25) is 0 Å². The Morgan fingerprint density at radius 3 is 2.60 bits per heavy atom. The number of unbranched alkanes of at least 4 members (excludes halogenated alkanes) is 2. The van der Waals surface area contributed by atoms with Gasteiger partial charge in [-0.25, -0.2) is 0 Å². The van der Waals surface area contributed by atoms with Crippen LogP contribution in [0, 0.1) is 6.92 Å². The molecule has 0 fully saturated rings. The zero-order chi connectivity index (χ0) is 14.2. The van der Waals surface area contributed by atoms with Gasteiger partial charge in [0.25, 0.3) is 0 Å². The van der Waals surface area contributed by atoms with Crippen molar-refractivity contribution in [2.75, 3.05) is 6.16 Å². The summed E-state index contributed by atoms with van der Waals surface area (Å²) in [4.78, 5) is 4.43. The van der Waals surface area contributed by atoms with E-state index in [0.717, 1.165) is 25.5 Å². The summed E-state index contributed by atoms with van der Waals surface area (Å²) in [5, 5.41) is 0. The molecule has 1 aromatic heterocycles. The summed E-state index contributed by atoms with van der Waals surface area (Å²) in [6, 6.07) is 12.1. The molecule has 0 saturated heterocycles. The van der Waals surface area contributed by atoms with Gasteiger partial charge in [-0.2, -0.15) is 0 Å². The van der Waals surface area contributed by atoms with Crippen molar-refractivity contribution in [3.05, 3.63) is 48.2 Å². The van der Waals surface area contributed by atoms with E-state index in [4.69, 9.17) is 4.74 Å². The number of benzene rings is 1. The number of nitrogens with zero attached hydrogens (tertiary/aromatic N) is 1. The molecule has 1 unspecified atom stereocenters. The first-order valence-electron chi connectivity index (χ1n) is 7.22. The maximum atomic E-state index is 5.87. The second-order valence-corrected chi connectivity index (χ2v) is 6.29. The fourth-order valence-electron chi connectivity index (χ4n) is 1.91. The minimum Gasteiger partial charge on any atom is -0.457 e. The van der Waals surface area contributed by atoms with E-state index in [9.17, 15) is 0 Å². The molecule has 0 aliphatic rings. The van der Waals surface area contributed by atoms with Crippen LogP contribution >= 0.6 is 8.58 Å². The fourth-order valence-corrected chi connectivity index (χ4v) is 3.00. The molecule has 0 N–H and O–H groups in total. The van der Waals surface area contributed by atoms with E-state index in [1.807, 2.05) is 24.4 Å². The van der Waals surface area contributed by atoms with Crippen LogP contribution in [0.15, 0.2) is 42.6 Å². The van der Waals surface area contributed by atoms with Crippen molar-refractivity contribution in [1.82, 2.24) is 4.98 Å². The van der Waals surface area contributed by atoms with Crippen molar-refractivity contribution in [1.29, 1.82) is 0 Å². The Morgan fingerprint density at radius 2 is 1.85 bits per heavy atom. The number of ether oxygens (including phenoxy) is 1. The van der Waals surface area contributed by atoms with Gasteiger partial charge in [-0.05, 0) is 37.7 Å². The molecule has 106 valence electrons. The van der Waals surface area contributed by atoms with Crippen molar-refractivity contribution >= 4 is 14.0 Å². The van der Waals surface area contributed by atoms with E-state index >= 15 is 0 Å². The van der Waals surface area contributed by atoms with Gasteiger partial charge in [0.1, 0.15) is 11.5 Å². The van der Waals surface area contributed by atoms with Crippen LogP contribution in [0.3, 0.4) is 0 Å². The minimum absolute atomic E-state index is 0.778. The molecule has 2 rings (SSSR count). The SMILES string of the molecule is CCCCCPc1cc(Oc2ccc(C)cc2)ccn1. The zero-order valence-corrected chi connectivity index (χ0v) is 13.2. The molecule has 20 heavy (non-hydrogen) atoms. The van der Waals surface area contributed by atoms with Gasteiger partial charge in [-0.3, -0.25) is 4.98 Å². The largest absolute Gasteiger partial charge is 0.457 e. The lowest BCUT2D eigenvalue weighted by Gasteiger charge is -2.07. The minimum atomic E-state index is 0.778. The molecule has 1 atom stereocenters. The second kappa shape index (κ2) is 8.01. The zero-order valence-electron chi connectivity index (χ0n) is 12.2. The highest BCUT2D eigenvalue weighted by atomic mass is 31.1. The summed E-state index contributed by atoms with van der Waals surface area (Å²) < 4.78 is 5.87. The average Bonchev–Trinajstić information content (AvgIpc) is 2.47. The summed E-state index contributed by atoms with van der Waals surface area (Å²) >= 11 is 0. The van der Waals surface area contributed by atoms with Crippen molar-refractivity contribution in [3.8, 4) is 11.5 Å². The first-order valence-corrected chi connectivity index (χ1v) is 8.43. The topological polar surface area (TPSA) is 22.1 Å². The molecule has 3 heteroatoms. The molecular weight excluding hydrogens is 265 g/mol. The molecule has 0 bridgehead atoms. The van der Waals surface area contributed by atoms with Crippen LogP contribution < -0.4 is 10.2 Å². The van der Waals surface area contributed by atoms with Crippen LogP contribution in [-0.2, 0) is 0 Å². The molecule has 2 nitrogen and oxygen atoms in total. The molecule has 1 aromatic carbocycles. The maximum absolute atomic E-state index is 5.87. The fraction of sp³-hybridized carbons (Fsp3) is 0.353. The number of rotatable bonds is 7. The molecule has 0 amide bonds. The number of hydrogen-bond donors (Lipinski definition) is 0. The van der Waals surface area contributed by atoms with Crippen molar-refractivity contribution < 1.29 is 4.74 Å². The van der Waals surface area contributed by atoms with E-state index in [1.165, 1.54) is 31.0 Å². The Labute approximate surface area is 123 Å². The molecular formula is C17H22NOP. The Bertz CT molecular complexity index is 525. The lowest BCUT2D eigenvalue weighted by Crippen LogP contribution is -2.01. The molecule has 0 saturated carbocycles. The average molecular weight is 287 g/mol. The van der Waals surface area contributed by atoms with Crippen LogP contribution in [0.1, 0.15) is 31.7 Å². The highest BCUT2D eigenvalue weighted by molar-refractivity contribution is 7.46. The quantitative estimate of drug-likeness (QED) is 0.545.